The molecule has 1 saturated heterocycles. The van der Waals surface area contributed by atoms with Gasteiger partial charge in [-0.2, -0.15) is 0 Å². The van der Waals surface area contributed by atoms with E-state index in [4.69, 9.17) is 9.47 Å². The van der Waals surface area contributed by atoms with Gasteiger partial charge in [0.15, 0.2) is 5.82 Å². The molecule has 0 spiro atoms. The number of anilines is 1. The quantitative estimate of drug-likeness (QED) is 0.495. The van der Waals surface area contributed by atoms with Gasteiger partial charge in [0.1, 0.15) is 5.75 Å². The summed E-state index contributed by atoms with van der Waals surface area (Å²) in [6, 6.07) is 18.4. The summed E-state index contributed by atoms with van der Waals surface area (Å²) in [6.07, 6.45) is 6.96. The van der Waals surface area contributed by atoms with E-state index >= 15 is 0 Å². The largest absolute Gasteiger partial charge is 0.490 e. The van der Waals surface area contributed by atoms with Crippen LogP contribution < -0.4 is 14.8 Å². The molecule has 7 nitrogen and oxygen atoms in total. The highest BCUT2D eigenvalue weighted by Crippen LogP contribution is 2.27. The predicted molar refractivity (Wildman–Crippen MR) is 138 cm³/mol. The molecular weight excluding hydrogens is 440 g/mol. The minimum Gasteiger partial charge on any atom is -0.490 e. The Morgan fingerprint density at radius 2 is 2.00 bits per heavy atom. The standard InChI is InChI=1S/C28H32N4O3/c1-20-19-32(28(33)31-26-17-30-27(34-3)18-29-26)13-12-24(20)15-23-10-7-11-25(16-23)35-21(2)14-22-8-5-4-6-9-22/h4-11,15-18,20-21H,12-14,19H2,1-3H3,(H,29,31,33)/b24-15+. The van der Waals surface area contributed by atoms with E-state index < -0.39 is 0 Å². The van der Waals surface area contributed by atoms with Gasteiger partial charge in [0, 0.05) is 19.5 Å². The molecule has 1 aliphatic heterocycles. The van der Waals surface area contributed by atoms with Crippen molar-refractivity contribution in [1.82, 2.24) is 14.9 Å². The van der Waals surface area contributed by atoms with Crippen LogP contribution in [0.5, 0.6) is 11.6 Å². The summed E-state index contributed by atoms with van der Waals surface area (Å²) < 4.78 is 11.2. The Morgan fingerprint density at radius 1 is 1.17 bits per heavy atom. The van der Waals surface area contributed by atoms with Crippen molar-refractivity contribution in [2.75, 3.05) is 25.5 Å². The van der Waals surface area contributed by atoms with Crippen LogP contribution in [0.2, 0.25) is 0 Å². The Morgan fingerprint density at radius 3 is 2.71 bits per heavy atom. The van der Waals surface area contributed by atoms with Gasteiger partial charge in [-0.25, -0.2) is 14.8 Å². The SMILES string of the molecule is COc1cnc(NC(=O)N2CC/C(=C\c3cccc(OC(C)Cc4ccccc4)c3)C(C)C2)cn1. The van der Waals surface area contributed by atoms with Crippen LogP contribution in [0.15, 0.2) is 72.6 Å². The number of rotatable bonds is 7. The van der Waals surface area contributed by atoms with Crippen LogP contribution in [0.3, 0.4) is 0 Å². The van der Waals surface area contributed by atoms with Crippen LogP contribution in [-0.4, -0.2) is 47.2 Å². The van der Waals surface area contributed by atoms with Gasteiger partial charge in [0.05, 0.1) is 25.6 Å². The monoisotopic (exact) mass is 472 g/mol. The Kier molecular flexibility index (Phi) is 7.98. The van der Waals surface area contributed by atoms with Crippen molar-refractivity contribution in [3.05, 3.63) is 83.7 Å². The lowest BCUT2D eigenvalue weighted by atomic mass is 9.91. The number of ether oxygens (including phenoxy) is 2. The second-order valence-electron chi connectivity index (χ2n) is 8.88. The first-order chi connectivity index (χ1) is 17.0. The number of hydrogen-bond acceptors (Lipinski definition) is 5. The second kappa shape index (κ2) is 11.5. The average Bonchev–Trinajstić information content (AvgIpc) is 2.86. The molecule has 4 rings (SSSR count). The van der Waals surface area contributed by atoms with Crippen LogP contribution in [0, 0.1) is 5.92 Å². The molecule has 7 heteroatoms. The lowest BCUT2D eigenvalue weighted by Crippen LogP contribution is -2.42. The van der Waals surface area contributed by atoms with Crippen molar-refractivity contribution >= 4 is 17.9 Å². The Balaban J connectivity index is 1.33. The average molecular weight is 473 g/mol. The van der Waals surface area contributed by atoms with Crippen molar-refractivity contribution in [2.45, 2.75) is 32.8 Å². The number of nitrogens with zero attached hydrogens (tertiary/aromatic N) is 3. The molecule has 2 amide bonds. The minimum absolute atomic E-state index is 0.0800. The number of piperidine rings is 1. The molecular formula is C28H32N4O3. The highest BCUT2D eigenvalue weighted by molar-refractivity contribution is 5.88. The summed E-state index contributed by atoms with van der Waals surface area (Å²) in [6.45, 7) is 5.54. The van der Waals surface area contributed by atoms with E-state index in [2.05, 4.69) is 71.6 Å². The number of carbonyl (C=O) groups is 1. The zero-order valence-corrected chi connectivity index (χ0v) is 20.5. The first-order valence-corrected chi connectivity index (χ1v) is 11.9. The molecule has 0 radical (unpaired) electrons. The maximum atomic E-state index is 12.7. The number of benzene rings is 2. The third-order valence-corrected chi connectivity index (χ3v) is 6.07. The van der Waals surface area contributed by atoms with Crippen LogP contribution >= 0.6 is 0 Å². The van der Waals surface area contributed by atoms with E-state index in [-0.39, 0.29) is 18.1 Å². The lowest BCUT2D eigenvalue weighted by Gasteiger charge is -2.33. The number of amides is 2. The van der Waals surface area contributed by atoms with Crippen molar-refractivity contribution in [3.63, 3.8) is 0 Å². The normalized spacial score (nSPS) is 17.6. The summed E-state index contributed by atoms with van der Waals surface area (Å²) in [5.74, 6) is 1.93. The molecule has 2 unspecified atom stereocenters. The highest BCUT2D eigenvalue weighted by Gasteiger charge is 2.24. The van der Waals surface area contributed by atoms with E-state index in [1.54, 1.807) is 0 Å². The van der Waals surface area contributed by atoms with E-state index in [1.165, 1.54) is 30.6 Å². The Bertz CT molecular complexity index is 1150. The topological polar surface area (TPSA) is 76.6 Å². The molecule has 3 aromatic rings. The number of carbonyl (C=O) groups excluding carboxylic acids is 1. The summed E-state index contributed by atoms with van der Waals surface area (Å²) in [5.41, 5.74) is 3.71. The number of hydrogen-bond donors (Lipinski definition) is 1. The van der Waals surface area contributed by atoms with Crippen LogP contribution in [0.1, 0.15) is 31.4 Å². The van der Waals surface area contributed by atoms with E-state index in [0.29, 0.717) is 24.8 Å². The van der Waals surface area contributed by atoms with Crippen molar-refractivity contribution < 1.29 is 14.3 Å². The summed E-state index contributed by atoms with van der Waals surface area (Å²) >= 11 is 0. The Hall–Kier alpha value is -3.87. The van der Waals surface area contributed by atoms with Gasteiger partial charge in [-0.05, 0) is 42.5 Å². The third-order valence-electron chi connectivity index (χ3n) is 6.07. The van der Waals surface area contributed by atoms with Crippen LogP contribution in [0.25, 0.3) is 6.08 Å². The number of nitrogens with one attached hydrogen (secondary N) is 1. The van der Waals surface area contributed by atoms with Gasteiger partial charge in [-0.15, -0.1) is 0 Å². The minimum atomic E-state index is -0.168. The lowest BCUT2D eigenvalue weighted by molar-refractivity contribution is 0.197. The maximum Gasteiger partial charge on any atom is 0.323 e. The van der Waals surface area contributed by atoms with Gasteiger partial charge in [-0.3, -0.25) is 5.32 Å². The van der Waals surface area contributed by atoms with Crippen molar-refractivity contribution in [1.29, 1.82) is 0 Å². The van der Waals surface area contributed by atoms with E-state index in [1.807, 2.05) is 23.1 Å². The summed E-state index contributed by atoms with van der Waals surface area (Å²) in [5, 5.41) is 2.81. The number of methoxy groups -OCH3 is 1. The van der Waals surface area contributed by atoms with Gasteiger partial charge in [0.25, 0.3) is 0 Å². The first kappa shape index (κ1) is 24.3. The fourth-order valence-electron chi connectivity index (χ4n) is 4.23. The molecule has 2 aromatic carbocycles. The molecule has 0 bridgehead atoms. The van der Waals surface area contributed by atoms with Gasteiger partial charge < -0.3 is 14.4 Å². The highest BCUT2D eigenvalue weighted by atomic mass is 16.5. The van der Waals surface area contributed by atoms with Crippen molar-refractivity contribution in [3.8, 4) is 11.6 Å². The van der Waals surface area contributed by atoms with Gasteiger partial charge >= 0.3 is 6.03 Å². The molecule has 1 aromatic heterocycles. The summed E-state index contributed by atoms with van der Waals surface area (Å²) in [4.78, 5) is 22.7. The number of aromatic nitrogens is 2. The predicted octanol–water partition coefficient (Wildman–Crippen LogP) is 5.45. The van der Waals surface area contributed by atoms with Gasteiger partial charge in [0.2, 0.25) is 5.88 Å². The van der Waals surface area contributed by atoms with Gasteiger partial charge in [-0.1, -0.05) is 61.0 Å². The molecule has 0 saturated carbocycles. The molecule has 1 aliphatic rings. The molecule has 0 aliphatic carbocycles. The second-order valence-corrected chi connectivity index (χ2v) is 8.88. The third kappa shape index (κ3) is 6.82. The molecule has 35 heavy (non-hydrogen) atoms. The summed E-state index contributed by atoms with van der Waals surface area (Å²) in [7, 11) is 1.53. The zero-order chi connectivity index (χ0) is 24.6. The van der Waals surface area contributed by atoms with Crippen LogP contribution in [0.4, 0.5) is 10.6 Å². The fraction of sp³-hybridized carbons (Fsp3) is 0.321. The van der Waals surface area contributed by atoms with E-state index in [9.17, 15) is 4.79 Å². The first-order valence-electron chi connectivity index (χ1n) is 11.9. The van der Waals surface area contributed by atoms with E-state index in [0.717, 1.165) is 24.2 Å². The Labute approximate surface area is 206 Å². The maximum absolute atomic E-state index is 12.7. The molecule has 1 fully saturated rings. The molecule has 182 valence electrons. The molecule has 2 heterocycles. The van der Waals surface area contributed by atoms with Crippen molar-refractivity contribution in [2.24, 2.45) is 5.92 Å². The molecule has 1 N–H and O–H groups in total. The number of urea groups is 1. The van der Waals surface area contributed by atoms with Crippen LogP contribution in [-0.2, 0) is 6.42 Å². The smallest absolute Gasteiger partial charge is 0.323 e. The molecule has 2 atom stereocenters. The fourth-order valence-corrected chi connectivity index (χ4v) is 4.23. The number of likely N-dealkylation sites (tertiary alicyclic amines) is 1. The zero-order valence-electron chi connectivity index (χ0n) is 20.5.